The van der Waals surface area contributed by atoms with E-state index in [1.807, 2.05) is 6.92 Å². The SMILES string of the molecule is C/C=C/NC(=O)N1CCN(C(=O)OCC)CC1. The molecule has 1 N–H and O–H groups in total. The first-order valence-corrected chi connectivity index (χ1v) is 5.77. The largest absolute Gasteiger partial charge is 0.450 e. The van der Waals surface area contributed by atoms with E-state index in [2.05, 4.69) is 5.32 Å². The number of nitrogens with one attached hydrogen (secondary N) is 1. The molecule has 0 aromatic carbocycles. The standard InChI is InChI=1S/C11H19N3O3/c1-3-5-12-10(15)13-6-8-14(9-7-13)11(16)17-4-2/h3,5H,4,6-9H2,1-2H3,(H,12,15)/b5-3+. The van der Waals surface area contributed by atoms with E-state index in [0.717, 1.165) is 0 Å². The number of hydrogen-bond acceptors (Lipinski definition) is 3. The molecular formula is C11H19N3O3. The average molecular weight is 241 g/mol. The van der Waals surface area contributed by atoms with E-state index in [4.69, 9.17) is 4.74 Å². The molecule has 0 aromatic heterocycles. The van der Waals surface area contributed by atoms with Gasteiger partial charge < -0.3 is 19.9 Å². The molecule has 0 unspecified atom stereocenters. The van der Waals surface area contributed by atoms with Gasteiger partial charge in [-0.15, -0.1) is 0 Å². The van der Waals surface area contributed by atoms with Crippen molar-refractivity contribution in [3.63, 3.8) is 0 Å². The Morgan fingerprint density at radius 2 is 1.82 bits per heavy atom. The number of carbonyl (C=O) groups is 2. The van der Waals surface area contributed by atoms with E-state index >= 15 is 0 Å². The predicted octanol–water partition coefficient (Wildman–Crippen LogP) is 1.00. The van der Waals surface area contributed by atoms with E-state index in [1.54, 1.807) is 29.0 Å². The van der Waals surface area contributed by atoms with Crippen LogP contribution in [-0.2, 0) is 4.74 Å². The molecule has 1 fully saturated rings. The summed E-state index contributed by atoms with van der Waals surface area (Å²) in [5.41, 5.74) is 0. The second-order valence-electron chi connectivity index (χ2n) is 3.62. The van der Waals surface area contributed by atoms with E-state index in [-0.39, 0.29) is 12.1 Å². The topological polar surface area (TPSA) is 61.9 Å². The summed E-state index contributed by atoms with van der Waals surface area (Å²) in [4.78, 5) is 26.3. The van der Waals surface area contributed by atoms with E-state index < -0.39 is 0 Å². The number of nitrogens with zero attached hydrogens (tertiary/aromatic N) is 2. The van der Waals surface area contributed by atoms with Crippen LogP contribution in [0.2, 0.25) is 0 Å². The highest BCUT2D eigenvalue weighted by Gasteiger charge is 2.24. The minimum atomic E-state index is -0.305. The van der Waals surface area contributed by atoms with Gasteiger partial charge in [0.1, 0.15) is 0 Å². The highest BCUT2D eigenvalue weighted by molar-refractivity contribution is 5.75. The molecule has 0 radical (unpaired) electrons. The fourth-order valence-electron chi connectivity index (χ4n) is 1.55. The zero-order chi connectivity index (χ0) is 12.7. The molecule has 0 bridgehead atoms. The number of carbonyl (C=O) groups excluding carboxylic acids is 2. The lowest BCUT2D eigenvalue weighted by molar-refractivity contribution is 0.0856. The minimum Gasteiger partial charge on any atom is -0.450 e. The maximum Gasteiger partial charge on any atom is 0.409 e. The summed E-state index contributed by atoms with van der Waals surface area (Å²) in [6, 6.07) is -0.133. The first-order valence-electron chi connectivity index (χ1n) is 5.77. The molecule has 17 heavy (non-hydrogen) atoms. The fourth-order valence-corrected chi connectivity index (χ4v) is 1.55. The summed E-state index contributed by atoms with van der Waals surface area (Å²) in [5.74, 6) is 0. The van der Waals surface area contributed by atoms with Gasteiger partial charge in [0.2, 0.25) is 0 Å². The van der Waals surface area contributed by atoms with Crippen LogP contribution in [0.25, 0.3) is 0 Å². The first kappa shape index (κ1) is 13.3. The maximum atomic E-state index is 11.6. The smallest absolute Gasteiger partial charge is 0.409 e. The number of hydrogen-bond donors (Lipinski definition) is 1. The van der Waals surface area contributed by atoms with Crippen LogP contribution in [0.1, 0.15) is 13.8 Å². The molecule has 0 aliphatic carbocycles. The summed E-state index contributed by atoms with van der Waals surface area (Å²) in [7, 11) is 0. The molecule has 96 valence electrons. The highest BCUT2D eigenvalue weighted by atomic mass is 16.6. The van der Waals surface area contributed by atoms with Crippen LogP contribution in [0, 0.1) is 0 Å². The van der Waals surface area contributed by atoms with Crippen LogP contribution in [0.3, 0.4) is 0 Å². The normalized spacial score (nSPS) is 16.1. The second-order valence-corrected chi connectivity index (χ2v) is 3.62. The summed E-state index contributed by atoms with van der Waals surface area (Å²) >= 11 is 0. The van der Waals surface area contributed by atoms with Gasteiger partial charge in [-0.3, -0.25) is 0 Å². The van der Waals surface area contributed by atoms with E-state index in [9.17, 15) is 9.59 Å². The van der Waals surface area contributed by atoms with Crippen LogP contribution >= 0.6 is 0 Å². The van der Waals surface area contributed by atoms with Crippen molar-refractivity contribution in [1.82, 2.24) is 15.1 Å². The van der Waals surface area contributed by atoms with Crippen LogP contribution in [0.4, 0.5) is 9.59 Å². The molecule has 3 amide bonds. The Hall–Kier alpha value is -1.72. The zero-order valence-electron chi connectivity index (χ0n) is 10.3. The minimum absolute atomic E-state index is 0.133. The second kappa shape index (κ2) is 6.78. The number of allylic oxidation sites excluding steroid dienone is 1. The van der Waals surface area contributed by atoms with Gasteiger partial charge in [-0.25, -0.2) is 9.59 Å². The van der Waals surface area contributed by atoms with E-state index in [0.29, 0.717) is 32.8 Å². The summed E-state index contributed by atoms with van der Waals surface area (Å²) in [6.45, 7) is 6.08. The third-order valence-corrected chi connectivity index (χ3v) is 2.47. The fraction of sp³-hybridized carbons (Fsp3) is 0.636. The predicted molar refractivity (Wildman–Crippen MR) is 63.5 cm³/mol. The molecule has 0 spiro atoms. The Morgan fingerprint density at radius 1 is 1.24 bits per heavy atom. The Kier molecular flexibility index (Phi) is 5.32. The third kappa shape index (κ3) is 3.97. The molecule has 0 atom stereocenters. The van der Waals surface area contributed by atoms with Crippen molar-refractivity contribution in [1.29, 1.82) is 0 Å². The van der Waals surface area contributed by atoms with Gasteiger partial charge in [0.05, 0.1) is 6.61 Å². The average Bonchev–Trinajstić information content (AvgIpc) is 2.36. The van der Waals surface area contributed by atoms with Gasteiger partial charge >= 0.3 is 12.1 Å². The Balaban J connectivity index is 2.35. The zero-order valence-corrected chi connectivity index (χ0v) is 10.3. The van der Waals surface area contributed by atoms with Crippen LogP contribution < -0.4 is 5.32 Å². The molecule has 1 aliphatic heterocycles. The van der Waals surface area contributed by atoms with Gasteiger partial charge in [0.25, 0.3) is 0 Å². The monoisotopic (exact) mass is 241 g/mol. The van der Waals surface area contributed by atoms with Gasteiger partial charge in [-0.1, -0.05) is 6.08 Å². The molecule has 1 aliphatic rings. The summed E-state index contributed by atoms with van der Waals surface area (Å²) in [5, 5.41) is 2.64. The molecular weight excluding hydrogens is 222 g/mol. The molecule has 0 aromatic rings. The molecule has 1 saturated heterocycles. The van der Waals surface area contributed by atoms with Crippen molar-refractivity contribution in [3.05, 3.63) is 12.3 Å². The first-order chi connectivity index (χ1) is 8.19. The van der Waals surface area contributed by atoms with Crippen LogP contribution in [0.5, 0.6) is 0 Å². The van der Waals surface area contributed by atoms with Gasteiger partial charge in [0.15, 0.2) is 0 Å². The Bertz CT molecular complexity index is 296. The number of urea groups is 1. The Morgan fingerprint density at radius 3 is 2.35 bits per heavy atom. The highest BCUT2D eigenvalue weighted by Crippen LogP contribution is 2.03. The number of ether oxygens (including phenoxy) is 1. The number of piperazine rings is 1. The lowest BCUT2D eigenvalue weighted by Gasteiger charge is -2.33. The van der Waals surface area contributed by atoms with Crippen molar-refractivity contribution in [2.24, 2.45) is 0 Å². The third-order valence-electron chi connectivity index (χ3n) is 2.47. The van der Waals surface area contributed by atoms with Crippen LogP contribution in [0.15, 0.2) is 12.3 Å². The van der Waals surface area contributed by atoms with Crippen molar-refractivity contribution >= 4 is 12.1 Å². The van der Waals surface area contributed by atoms with Crippen molar-refractivity contribution in [3.8, 4) is 0 Å². The molecule has 6 nitrogen and oxygen atoms in total. The van der Waals surface area contributed by atoms with Crippen LogP contribution in [-0.4, -0.2) is 54.7 Å². The lowest BCUT2D eigenvalue weighted by atomic mass is 10.3. The van der Waals surface area contributed by atoms with E-state index in [1.165, 1.54) is 0 Å². The summed E-state index contributed by atoms with van der Waals surface area (Å²) < 4.78 is 4.90. The molecule has 0 saturated carbocycles. The Labute approximate surface area is 101 Å². The maximum absolute atomic E-state index is 11.6. The lowest BCUT2D eigenvalue weighted by Crippen LogP contribution is -2.52. The van der Waals surface area contributed by atoms with Gasteiger partial charge in [-0.2, -0.15) is 0 Å². The van der Waals surface area contributed by atoms with Crippen molar-refractivity contribution < 1.29 is 14.3 Å². The van der Waals surface area contributed by atoms with Gasteiger partial charge in [-0.05, 0) is 13.8 Å². The number of rotatable bonds is 2. The molecule has 1 heterocycles. The number of amides is 3. The quantitative estimate of drug-likeness (QED) is 0.784. The molecule has 6 heteroatoms. The van der Waals surface area contributed by atoms with Gasteiger partial charge in [0, 0.05) is 32.4 Å². The summed E-state index contributed by atoms with van der Waals surface area (Å²) in [6.07, 6.45) is 3.05. The van der Waals surface area contributed by atoms with Crippen molar-refractivity contribution in [2.45, 2.75) is 13.8 Å². The molecule has 1 rings (SSSR count). The van der Waals surface area contributed by atoms with Crippen molar-refractivity contribution in [2.75, 3.05) is 32.8 Å².